The van der Waals surface area contributed by atoms with Crippen LogP contribution < -0.4 is 5.32 Å². The molecule has 0 radical (unpaired) electrons. The van der Waals surface area contributed by atoms with Gasteiger partial charge in [0, 0.05) is 31.4 Å². The molecule has 2 aromatic rings. The number of amides is 1. The standard InChI is InChI=1S/C21H22N2O/c24-21(22-19-6-5-15-3-1-2-4-16(15)9-19)10-20-17-7-14-8-18(20)13-23(11-14)12-17/h1-6,9-10,14,17-18H,7-8,11-13H2,(H,22,24). The lowest BCUT2D eigenvalue weighted by Gasteiger charge is -2.53. The van der Waals surface area contributed by atoms with Crippen molar-refractivity contribution < 1.29 is 4.79 Å². The van der Waals surface area contributed by atoms with Crippen LogP contribution in [0, 0.1) is 17.8 Å². The summed E-state index contributed by atoms with van der Waals surface area (Å²) >= 11 is 0. The second-order valence-electron chi connectivity index (χ2n) is 7.65. The predicted molar refractivity (Wildman–Crippen MR) is 96.8 cm³/mol. The number of fused-ring (bicyclic) bond motifs is 1. The maximum Gasteiger partial charge on any atom is 0.248 e. The Hall–Kier alpha value is -2.13. The van der Waals surface area contributed by atoms with E-state index in [1.807, 2.05) is 30.3 Å². The fourth-order valence-corrected chi connectivity index (χ4v) is 5.06. The smallest absolute Gasteiger partial charge is 0.248 e. The van der Waals surface area contributed by atoms with Crippen LogP contribution in [0.3, 0.4) is 0 Å². The number of benzene rings is 2. The number of rotatable bonds is 2. The minimum absolute atomic E-state index is 0.0303. The van der Waals surface area contributed by atoms with Crippen LogP contribution in [0.15, 0.2) is 54.1 Å². The van der Waals surface area contributed by atoms with E-state index in [2.05, 4.69) is 28.4 Å². The first kappa shape index (κ1) is 14.2. The number of carbonyl (C=O) groups is 1. The van der Waals surface area contributed by atoms with Gasteiger partial charge in [0.05, 0.1) is 0 Å². The molecule has 4 bridgehead atoms. The monoisotopic (exact) mass is 318 g/mol. The minimum Gasteiger partial charge on any atom is -0.322 e. The van der Waals surface area contributed by atoms with E-state index in [1.165, 1.54) is 30.3 Å². The lowest BCUT2D eigenvalue weighted by atomic mass is 9.65. The Labute approximate surface area is 142 Å². The first-order chi connectivity index (χ1) is 11.7. The maximum absolute atomic E-state index is 12.5. The van der Waals surface area contributed by atoms with Crippen molar-refractivity contribution in [2.75, 3.05) is 25.0 Å². The maximum atomic E-state index is 12.5. The first-order valence-corrected chi connectivity index (χ1v) is 8.98. The van der Waals surface area contributed by atoms with E-state index in [0.29, 0.717) is 11.8 Å². The Morgan fingerprint density at radius 2 is 1.75 bits per heavy atom. The Bertz CT molecular complexity index is 809. The number of hydrogen-bond donors (Lipinski definition) is 1. The SMILES string of the molecule is O=C(C=C1C2CC3CC1CN(C3)C2)Nc1ccc2ccccc2c1. The van der Waals surface area contributed by atoms with Crippen molar-refractivity contribution in [2.45, 2.75) is 12.8 Å². The Morgan fingerprint density at radius 3 is 2.50 bits per heavy atom. The third kappa shape index (κ3) is 2.44. The lowest BCUT2D eigenvalue weighted by Crippen LogP contribution is -2.54. The van der Waals surface area contributed by atoms with Gasteiger partial charge in [-0.2, -0.15) is 0 Å². The van der Waals surface area contributed by atoms with E-state index >= 15 is 0 Å². The molecule has 1 amide bonds. The molecule has 6 rings (SSSR count). The van der Waals surface area contributed by atoms with E-state index in [1.54, 1.807) is 0 Å². The molecular weight excluding hydrogens is 296 g/mol. The first-order valence-electron chi connectivity index (χ1n) is 8.98. The van der Waals surface area contributed by atoms with Crippen molar-refractivity contribution in [3.05, 3.63) is 54.1 Å². The summed E-state index contributed by atoms with van der Waals surface area (Å²) in [6.07, 6.45) is 4.47. The molecule has 122 valence electrons. The van der Waals surface area contributed by atoms with Crippen LogP contribution in [-0.2, 0) is 4.79 Å². The van der Waals surface area contributed by atoms with Crippen molar-refractivity contribution in [1.82, 2.24) is 4.90 Å². The van der Waals surface area contributed by atoms with Gasteiger partial charge >= 0.3 is 0 Å². The summed E-state index contributed by atoms with van der Waals surface area (Å²) < 4.78 is 0. The van der Waals surface area contributed by atoms with Crippen LogP contribution in [0.5, 0.6) is 0 Å². The molecule has 3 nitrogen and oxygen atoms in total. The van der Waals surface area contributed by atoms with Gasteiger partial charge < -0.3 is 10.2 Å². The summed E-state index contributed by atoms with van der Waals surface area (Å²) in [6, 6.07) is 14.3. The normalized spacial score (nSPS) is 30.6. The molecule has 3 heteroatoms. The third-order valence-corrected chi connectivity index (χ3v) is 5.97. The van der Waals surface area contributed by atoms with E-state index in [4.69, 9.17) is 0 Å². The zero-order chi connectivity index (χ0) is 16.1. The molecule has 1 saturated carbocycles. The molecule has 3 aliphatic heterocycles. The molecule has 24 heavy (non-hydrogen) atoms. The molecule has 3 heterocycles. The molecule has 3 saturated heterocycles. The lowest BCUT2D eigenvalue weighted by molar-refractivity contribution is -0.112. The summed E-state index contributed by atoms with van der Waals surface area (Å²) in [4.78, 5) is 15.1. The van der Waals surface area contributed by atoms with Crippen molar-refractivity contribution in [3.63, 3.8) is 0 Å². The summed E-state index contributed by atoms with van der Waals surface area (Å²) in [5.41, 5.74) is 2.28. The summed E-state index contributed by atoms with van der Waals surface area (Å²) in [5, 5.41) is 5.42. The Morgan fingerprint density at radius 1 is 1.00 bits per heavy atom. The van der Waals surface area contributed by atoms with Gasteiger partial charge in [0.15, 0.2) is 0 Å². The van der Waals surface area contributed by atoms with Crippen molar-refractivity contribution >= 4 is 22.4 Å². The second-order valence-corrected chi connectivity index (χ2v) is 7.65. The molecule has 1 N–H and O–H groups in total. The zero-order valence-electron chi connectivity index (χ0n) is 13.7. The highest BCUT2D eigenvalue weighted by molar-refractivity contribution is 6.01. The summed E-state index contributed by atoms with van der Waals surface area (Å²) in [7, 11) is 0. The van der Waals surface area contributed by atoms with Gasteiger partial charge in [-0.15, -0.1) is 0 Å². The number of hydrogen-bond acceptors (Lipinski definition) is 2. The highest BCUT2D eigenvalue weighted by atomic mass is 16.1. The molecule has 2 atom stereocenters. The van der Waals surface area contributed by atoms with Crippen LogP contribution in [-0.4, -0.2) is 30.4 Å². The van der Waals surface area contributed by atoms with Crippen LogP contribution in [0.4, 0.5) is 5.69 Å². The van der Waals surface area contributed by atoms with Gasteiger partial charge in [0.2, 0.25) is 5.91 Å². The highest BCUT2D eigenvalue weighted by Crippen LogP contribution is 2.46. The minimum atomic E-state index is 0.0303. The number of carbonyl (C=O) groups excluding carboxylic acids is 1. The highest BCUT2D eigenvalue weighted by Gasteiger charge is 2.44. The molecule has 4 aliphatic rings. The topological polar surface area (TPSA) is 32.3 Å². The van der Waals surface area contributed by atoms with Gasteiger partial charge in [0.25, 0.3) is 0 Å². The van der Waals surface area contributed by atoms with Gasteiger partial charge in [0.1, 0.15) is 0 Å². The number of nitrogens with one attached hydrogen (secondary N) is 1. The Kier molecular flexibility index (Phi) is 3.23. The summed E-state index contributed by atoms with van der Waals surface area (Å²) in [6.45, 7) is 3.59. The van der Waals surface area contributed by atoms with Crippen LogP contribution in [0.2, 0.25) is 0 Å². The van der Waals surface area contributed by atoms with Crippen molar-refractivity contribution in [2.24, 2.45) is 17.8 Å². The number of piperidine rings is 3. The third-order valence-electron chi connectivity index (χ3n) is 5.97. The van der Waals surface area contributed by atoms with Crippen molar-refractivity contribution in [1.29, 1.82) is 0 Å². The largest absolute Gasteiger partial charge is 0.322 e. The number of anilines is 1. The molecule has 2 unspecified atom stereocenters. The van der Waals surface area contributed by atoms with Gasteiger partial charge in [-0.05, 0) is 53.5 Å². The van der Waals surface area contributed by atoms with Crippen molar-refractivity contribution in [3.8, 4) is 0 Å². The van der Waals surface area contributed by atoms with Gasteiger partial charge in [-0.3, -0.25) is 4.79 Å². The molecule has 2 aromatic carbocycles. The molecule has 1 aliphatic carbocycles. The predicted octanol–water partition coefficient (Wildman–Crippen LogP) is 3.68. The fraction of sp³-hybridized carbons (Fsp3) is 0.381. The molecule has 0 spiro atoms. The fourth-order valence-electron chi connectivity index (χ4n) is 5.06. The summed E-state index contributed by atoms with van der Waals surface area (Å²) in [5.74, 6) is 2.11. The average Bonchev–Trinajstić information content (AvgIpc) is 2.57. The van der Waals surface area contributed by atoms with Gasteiger partial charge in [-0.25, -0.2) is 0 Å². The molecular formula is C21H22N2O. The van der Waals surface area contributed by atoms with E-state index in [0.717, 1.165) is 30.1 Å². The Balaban J connectivity index is 1.36. The second kappa shape index (κ2) is 5.45. The van der Waals surface area contributed by atoms with E-state index < -0.39 is 0 Å². The zero-order valence-corrected chi connectivity index (χ0v) is 13.7. The molecule has 4 fully saturated rings. The average molecular weight is 318 g/mol. The number of nitrogens with zero attached hydrogens (tertiary/aromatic N) is 1. The molecule has 0 aromatic heterocycles. The van der Waals surface area contributed by atoms with E-state index in [9.17, 15) is 4.79 Å². The van der Waals surface area contributed by atoms with Crippen LogP contribution in [0.25, 0.3) is 10.8 Å². The van der Waals surface area contributed by atoms with Crippen LogP contribution >= 0.6 is 0 Å². The quantitative estimate of drug-likeness (QED) is 0.857. The van der Waals surface area contributed by atoms with Gasteiger partial charge in [-0.1, -0.05) is 35.9 Å². The van der Waals surface area contributed by atoms with E-state index in [-0.39, 0.29) is 5.91 Å². The van der Waals surface area contributed by atoms with Crippen LogP contribution in [0.1, 0.15) is 12.8 Å².